The highest BCUT2D eigenvalue weighted by Gasteiger charge is 2.22. The largest absolute Gasteiger partial charge is 0.454 e. The first-order chi connectivity index (χ1) is 11.3. The zero-order valence-corrected chi connectivity index (χ0v) is 15.1. The lowest BCUT2D eigenvalue weighted by Crippen LogP contribution is -2.45. The maximum Gasteiger partial charge on any atom is 0.329 e. The summed E-state index contributed by atoms with van der Waals surface area (Å²) in [5, 5.41) is 5.46. The minimum atomic E-state index is -0.905. The normalized spacial score (nSPS) is 11.5. The van der Waals surface area contributed by atoms with Gasteiger partial charge in [0.1, 0.15) is 6.04 Å². The van der Waals surface area contributed by atoms with Crippen molar-refractivity contribution in [3.05, 3.63) is 28.2 Å². The predicted molar refractivity (Wildman–Crippen MR) is 95.6 cm³/mol. The highest BCUT2D eigenvalue weighted by Crippen LogP contribution is 2.25. The molecule has 0 aliphatic carbocycles. The molecule has 0 aliphatic rings. The SMILES string of the molecule is CSCC[C@H](NC(N)=O)C(=O)OCC(=O)Nc1cc(Cl)ccc1Cl. The summed E-state index contributed by atoms with van der Waals surface area (Å²) in [7, 11) is 0. The zero-order valence-electron chi connectivity index (χ0n) is 12.8. The molecule has 4 N–H and O–H groups in total. The van der Waals surface area contributed by atoms with Gasteiger partial charge in [-0.25, -0.2) is 9.59 Å². The van der Waals surface area contributed by atoms with Gasteiger partial charge >= 0.3 is 12.0 Å². The van der Waals surface area contributed by atoms with E-state index in [1.807, 2.05) is 6.26 Å². The van der Waals surface area contributed by atoms with Crippen molar-refractivity contribution in [3.63, 3.8) is 0 Å². The first kappa shape index (κ1) is 20.4. The molecule has 1 aromatic carbocycles. The number of carbonyl (C=O) groups excluding carboxylic acids is 3. The molecule has 0 aliphatic heterocycles. The Hall–Kier alpha value is -1.64. The lowest BCUT2D eigenvalue weighted by molar-refractivity contribution is -0.149. The second-order valence-corrected chi connectivity index (χ2v) is 6.45. The second-order valence-electron chi connectivity index (χ2n) is 4.62. The van der Waals surface area contributed by atoms with E-state index in [4.69, 9.17) is 33.7 Å². The molecule has 0 heterocycles. The Kier molecular flexibility index (Phi) is 8.73. The fourth-order valence-electron chi connectivity index (χ4n) is 1.67. The van der Waals surface area contributed by atoms with Crippen molar-refractivity contribution in [2.45, 2.75) is 12.5 Å². The summed E-state index contributed by atoms with van der Waals surface area (Å²) >= 11 is 13.2. The zero-order chi connectivity index (χ0) is 18.1. The van der Waals surface area contributed by atoms with Gasteiger partial charge in [-0.15, -0.1) is 0 Å². The number of rotatable bonds is 8. The quantitative estimate of drug-likeness (QED) is 0.586. The molecule has 7 nitrogen and oxygen atoms in total. The van der Waals surface area contributed by atoms with Gasteiger partial charge in [0.2, 0.25) is 0 Å². The maximum absolute atomic E-state index is 11.9. The smallest absolute Gasteiger partial charge is 0.329 e. The van der Waals surface area contributed by atoms with E-state index >= 15 is 0 Å². The van der Waals surface area contributed by atoms with Crippen molar-refractivity contribution in [1.82, 2.24) is 5.32 Å². The minimum absolute atomic E-state index is 0.298. The molecule has 0 unspecified atom stereocenters. The van der Waals surface area contributed by atoms with Crippen LogP contribution in [-0.2, 0) is 14.3 Å². The summed E-state index contributed by atoms with van der Waals surface area (Å²) in [4.78, 5) is 34.7. The fourth-order valence-corrected chi connectivity index (χ4v) is 2.48. The van der Waals surface area contributed by atoms with Gasteiger partial charge in [0.15, 0.2) is 6.61 Å². The number of amides is 3. The molecular formula is C14H17Cl2N3O4S. The van der Waals surface area contributed by atoms with Crippen molar-refractivity contribution in [2.75, 3.05) is 23.9 Å². The van der Waals surface area contributed by atoms with Gasteiger partial charge in [-0.2, -0.15) is 11.8 Å². The molecule has 24 heavy (non-hydrogen) atoms. The number of benzene rings is 1. The number of hydrogen-bond donors (Lipinski definition) is 3. The van der Waals surface area contributed by atoms with E-state index in [9.17, 15) is 14.4 Å². The van der Waals surface area contributed by atoms with Gasteiger partial charge in [-0.1, -0.05) is 23.2 Å². The average Bonchev–Trinajstić information content (AvgIpc) is 2.52. The van der Waals surface area contributed by atoms with E-state index in [0.717, 1.165) is 0 Å². The fraction of sp³-hybridized carbons (Fsp3) is 0.357. The van der Waals surface area contributed by atoms with Crippen LogP contribution in [0.1, 0.15) is 6.42 Å². The first-order valence-electron chi connectivity index (χ1n) is 6.80. The van der Waals surface area contributed by atoms with Gasteiger partial charge in [0.25, 0.3) is 5.91 Å². The Morgan fingerprint density at radius 1 is 1.33 bits per heavy atom. The third-order valence-corrected chi connectivity index (χ3v) is 3.97. The monoisotopic (exact) mass is 393 g/mol. The Bertz CT molecular complexity index is 616. The molecule has 1 rings (SSSR count). The lowest BCUT2D eigenvalue weighted by Gasteiger charge is -2.16. The number of primary amides is 1. The van der Waals surface area contributed by atoms with E-state index in [0.29, 0.717) is 27.9 Å². The second kappa shape index (κ2) is 10.3. The van der Waals surface area contributed by atoms with Gasteiger partial charge < -0.3 is 21.1 Å². The summed E-state index contributed by atoms with van der Waals surface area (Å²) in [6.07, 6.45) is 2.19. The van der Waals surface area contributed by atoms with Crippen LogP contribution in [0, 0.1) is 0 Å². The molecule has 1 atom stereocenters. The third-order valence-electron chi connectivity index (χ3n) is 2.76. The van der Waals surface area contributed by atoms with Crippen molar-refractivity contribution in [3.8, 4) is 0 Å². The van der Waals surface area contributed by atoms with Crippen molar-refractivity contribution < 1.29 is 19.1 Å². The number of anilines is 1. The third kappa shape index (κ3) is 7.29. The molecular weight excluding hydrogens is 377 g/mol. The lowest BCUT2D eigenvalue weighted by atomic mass is 10.2. The minimum Gasteiger partial charge on any atom is -0.454 e. The average molecular weight is 394 g/mol. The Labute approximate surface area is 153 Å². The standard InChI is InChI=1S/C14H17Cl2N3O4S/c1-24-5-4-10(19-14(17)22)13(21)23-7-12(20)18-11-6-8(15)2-3-9(11)16/h2-3,6,10H,4-5,7H2,1H3,(H,18,20)(H3,17,19,22)/t10-/m0/s1. The number of nitrogens with one attached hydrogen (secondary N) is 2. The van der Waals surface area contributed by atoms with Crippen LogP contribution in [0.15, 0.2) is 18.2 Å². The van der Waals surface area contributed by atoms with Gasteiger partial charge in [-0.05, 0) is 36.6 Å². The highest BCUT2D eigenvalue weighted by molar-refractivity contribution is 7.98. The first-order valence-corrected chi connectivity index (χ1v) is 8.95. The Morgan fingerprint density at radius 3 is 2.67 bits per heavy atom. The summed E-state index contributed by atoms with van der Waals surface area (Å²) in [6, 6.07) is 2.83. The van der Waals surface area contributed by atoms with E-state index < -0.39 is 30.6 Å². The van der Waals surface area contributed by atoms with E-state index in [1.165, 1.54) is 23.9 Å². The van der Waals surface area contributed by atoms with Crippen molar-refractivity contribution in [1.29, 1.82) is 0 Å². The molecule has 10 heteroatoms. The number of ether oxygens (including phenoxy) is 1. The van der Waals surface area contributed by atoms with Crippen LogP contribution in [0.5, 0.6) is 0 Å². The molecule has 132 valence electrons. The summed E-state index contributed by atoms with van der Waals surface area (Å²) in [5.41, 5.74) is 5.33. The number of thioether (sulfide) groups is 1. The summed E-state index contributed by atoms with van der Waals surface area (Å²) in [6.45, 7) is -0.530. The summed E-state index contributed by atoms with van der Waals surface area (Å²) < 4.78 is 4.90. The van der Waals surface area contributed by atoms with E-state index in [-0.39, 0.29) is 0 Å². The number of halogens is 2. The van der Waals surface area contributed by atoms with E-state index in [1.54, 1.807) is 6.07 Å². The molecule has 3 amide bonds. The molecule has 1 aromatic rings. The molecule has 0 radical (unpaired) electrons. The van der Waals surface area contributed by atoms with Gasteiger partial charge in [0.05, 0.1) is 10.7 Å². The number of carbonyl (C=O) groups is 3. The number of hydrogen-bond acceptors (Lipinski definition) is 5. The van der Waals surface area contributed by atoms with Crippen LogP contribution in [-0.4, -0.2) is 42.6 Å². The number of esters is 1. The maximum atomic E-state index is 11.9. The van der Waals surface area contributed by atoms with Crippen molar-refractivity contribution in [2.24, 2.45) is 5.73 Å². The molecule has 0 saturated carbocycles. The molecule has 0 aromatic heterocycles. The van der Waals surface area contributed by atoms with E-state index in [2.05, 4.69) is 10.6 Å². The topological polar surface area (TPSA) is 111 Å². The van der Waals surface area contributed by atoms with Crippen LogP contribution in [0.3, 0.4) is 0 Å². The number of urea groups is 1. The van der Waals surface area contributed by atoms with Crippen molar-refractivity contribution >= 4 is 58.6 Å². The molecule has 0 spiro atoms. The summed E-state index contributed by atoms with van der Waals surface area (Å²) in [5.74, 6) is -0.713. The molecule has 0 saturated heterocycles. The van der Waals surface area contributed by atoms with Crippen LogP contribution in [0.4, 0.5) is 10.5 Å². The highest BCUT2D eigenvalue weighted by atomic mass is 35.5. The Balaban J connectivity index is 2.55. The van der Waals surface area contributed by atoms with Crippen LogP contribution in [0.2, 0.25) is 10.0 Å². The van der Waals surface area contributed by atoms with Gasteiger partial charge in [-0.3, -0.25) is 4.79 Å². The Morgan fingerprint density at radius 2 is 2.04 bits per heavy atom. The number of nitrogens with two attached hydrogens (primary N) is 1. The molecule has 0 bridgehead atoms. The van der Waals surface area contributed by atoms with Crippen LogP contribution in [0.25, 0.3) is 0 Å². The predicted octanol–water partition coefficient (Wildman–Crippen LogP) is 2.27. The molecule has 0 fully saturated rings. The van der Waals surface area contributed by atoms with Crippen LogP contribution >= 0.6 is 35.0 Å². The van der Waals surface area contributed by atoms with Crippen LogP contribution < -0.4 is 16.4 Å². The van der Waals surface area contributed by atoms with Gasteiger partial charge in [0, 0.05) is 5.02 Å².